The van der Waals surface area contributed by atoms with Crippen LogP contribution in [0.15, 0.2) is 30.4 Å². The number of rotatable bonds is 9. The SMILES string of the molecule is C/C=C/CCc1ccc(OC(=O)C2CCC(C3CCC4CC(CCCC)CCC4C3)CC2)c(F)c1. The molecule has 0 spiro atoms. The number of aryl methyl sites for hydroxylation is 1. The number of esters is 1. The summed E-state index contributed by atoms with van der Waals surface area (Å²) in [4.78, 5) is 12.8. The van der Waals surface area contributed by atoms with E-state index in [0.717, 1.165) is 73.7 Å². The van der Waals surface area contributed by atoms with Crippen molar-refractivity contribution < 1.29 is 13.9 Å². The Bertz CT molecular complexity index is 838. The average Bonchev–Trinajstić information content (AvgIpc) is 2.88. The van der Waals surface area contributed by atoms with E-state index in [1.165, 1.54) is 63.9 Å². The van der Waals surface area contributed by atoms with Crippen molar-refractivity contribution in [1.82, 2.24) is 0 Å². The minimum atomic E-state index is -0.425. The molecule has 4 rings (SSSR count). The average molecular weight is 483 g/mol. The molecule has 3 fully saturated rings. The van der Waals surface area contributed by atoms with E-state index in [4.69, 9.17) is 4.74 Å². The zero-order valence-electron chi connectivity index (χ0n) is 22.2. The van der Waals surface area contributed by atoms with E-state index in [2.05, 4.69) is 13.0 Å². The van der Waals surface area contributed by atoms with Gasteiger partial charge in [-0.15, -0.1) is 0 Å². The van der Waals surface area contributed by atoms with Crippen molar-refractivity contribution >= 4 is 5.97 Å². The van der Waals surface area contributed by atoms with Gasteiger partial charge in [-0.25, -0.2) is 4.39 Å². The fourth-order valence-corrected chi connectivity index (χ4v) is 7.42. The molecular formula is C32H47FO2. The molecule has 0 aliphatic heterocycles. The van der Waals surface area contributed by atoms with Gasteiger partial charge in [0.2, 0.25) is 0 Å². The first-order valence-corrected chi connectivity index (χ1v) is 14.7. The highest BCUT2D eigenvalue weighted by Gasteiger charge is 2.39. The second-order valence-corrected chi connectivity index (χ2v) is 11.8. The number of allylic oxidation sites excluding steroid dienone is 2. The molecule has 194 valence electrons. The fourth-order valence-electron chi connectivity index (χ4n) is 7.42. The summed E-state index contributed by atoms with van der Waals surface area (Å²) in [5.74, 6) is 3.90. The van der Waals surface area contributed by atoms with E-state index < -0.39 is 5.82 Å². The number of hydrogen-bond acceptors (Lipinski definition) is 2. The molecule has 0 saturated heterocycles. The van der Waals surface area contributed by atoms with Crippen LogP contribution in [-0.4, -0.2) is 5.97 Å². The summed E-state index contributed by atoms with van der Waals surface area (Å²) in [5, 5.41) is 0. The summed E-state index contributed by atoms with van der Waals surface area (Å²) in [6, 6.07) is 5.01. The Morgan fingerprint density at radius 2 is 1.66 bits per heavy atom. The monoisotopic (exact) mass is 482 g/mol. The number of unbranched alkanes of at least 4 members (excludes halogenated alkanes) is 1. The minimum absolute atomic E-state index is 0.0784. The summed E-state index contributed by atoms with van der Waals surface area (Å²) >= 11 is 0. The first-order chi connectivity index (χ1) is 17.1. The van der Waals surface area contributed by atoms with Gasteiger partial charge in [-0.1, -0.05) is 50.8 Å². The maximum absolute atomic E-state index is 14.5. The van der Waals surface area contributed by atoms with Crippen LogP contribution in [0.1, 0.15) is 109 Å². The Kier molecular flexibility index (Phi) is 9.86. The molecule has 1 aromatic carbocycles. The lowest BCUT2D eigenvalue weighted by Gasteiger charge is -2.45. The number of carbonyl (C=O) groups is 1. The minimum Gasteiger partial charge on any atom is -0.423 e. The van der Waals surface area contributed by atoms with Crippen LogP contribution in [-0.2, 0) is 11.2 Å². The highest BCUT2D eigenvalue weighted by Crippen LogP contribution is 2.49. The number of carbonyl (C=O) groups excluding carboxylic acids is 1. The Morgan fingerprint density at radius 3 is 2.37 bits per heavy atom. The molecule has 0 N–H and O–H groups in total. The van der Waals surface area contributed by atoms with Crippen LogP contribution in [0.2, 0.25) is 0 Å². The summed E-state index contributed by atoms with van der Waals surface area (Å²) < 4.78 is 20.0. The summed E-state index contributed by atoms with van der Waals surface area (Å²) in [6.07, 6.45) is 22.7. The molecule has 3 saturated carbocycles. The van der Waals surface area contributed by atoms with Crippen LogP contribution in [0, 0.1) is 41.3 Å². The quantitative estimate of drug-likeness (QED) is 0.199. The maximum Gasteiger partial charge on any atom is 0.314 e. The molecular weight excluding hydrogens is 435 g/mol. The van der Waals surface area contributed by atoms with E-state index in [0.29, 0.717) is 0 Å². The van der Waals surface area contributed by atoms with E-state index in [1.807, 2.05) is 19.1 Å². The second-order valence-electron chi connectivity index (χ2n) is 11.8. The third-order valence-electron chi connectivity index (χ3n) is 9.54. The van der Waals surface area contributed by atoms with Gasteiger partial charge >= 0.3 is 5.97 Å². The first kappa shape index (κ1) is 26.4. The molecule has 4 unspecified atom stereocenters. The van der Waals surface area contributed by atoms with Gasteiger partial charge in [0.15, 0.2) is 11.6 Å². The van der Waals surface area contributed by atoms with Gasteiger partial charge < -0.3 is 4.74 Å². The highest BCUT2D eigenvalue weighted by molar-refractivity contribution is 5.75. The van der Waals surface area contributed by atoms with Crippen molar-refractivity contribution in [3.05, 3.63) is 41.7 Å². The number of fused-ring (bicyclic) bond motifs is 1. The molecule has 0 aromatic heterocycles. The van der Waals surface area contributed by atoms with Crippen molar-refractivity contribution in [1.29, 1.82) is 0 Å². The fraction of sp³-hybridized carbons (Fsp3) is 0.719. The van der Waals surface area contributed by atoms with Gasteiger partial charge in [-0.3, -0.25) is 4.79 Å². The van der Waals surface area contributed by atoms with Crippen molar-refractivity contribution in [2.45, 2.75) is 110 Å². The van der Waals surface area contributed by atoms with Crippen LogP contribution in [0.3, 0.4) is 0 Å². The van der Waals surface area contributed by atoms with E-state index in [9.17, 15) is 9.18 Å². The van der Waals surface area contributed by atoms with Crippen molar-refractivity contribution in [2.75, 3.05) is 0 Å². The van der Waals surface area contributed by atoms with Crippen molar-refractivity contribution in [3.8, 4) is 5.75 Å². The van der Waals surface area contributed by atoms with E-state index >= 15 is 0 Å². The number of benzene rings is 1. The normalized spacial score (nSPS) is 31.3. The van der Waals surface area contributed by atoms with Crippen LogP contribution >= 0.6 is 0 Å². The highest BCUT2D eigenvalue weighted by atomic mass is 19.1. The Labute approximate surface area is 213 Å². The number of halogens is 1. The zero-order chi connectivity index (χ0) is 24.6. The van der Waals surface area contributed by atoms with Crippen LogP contribution in [0.5, 0.6) is 5.75 Å². The summed E-state index contributed by atoms with van der Waals surface area (Å²) in [5.41, 5.74) is 0.935. The molecule has 0 amide bonds. The molecule has 3 aliphatic carbocycles. The van der Waals surface area contributed by atoms with E-state index in [-0.39, 0.29) is 17.6 Å². The third-order valence-corrected chi connectivity index (χ3v) is 9.54. The second kappa shape index (κ2) is 13.1. The predicted molar refractivity (Wildman–Crippen MR) is 142 cm³/mol. The first-order valence-electron chi connectivity index (χ1n) is 14.7. The lowest BCUT2D eigenvalue weighted by atomic mass is 9.60. The summed E-state index contributed by atoms with van der Waals surface area (Å²) in [6.45, 7) is 4.30. The molecule has 1 aromatic rings. The molecule has 0 bridgehead atoms. The molecule has 0 radical (unpaired) electrons. The molecule has 35 heavy (non-hydrogen) atoms. The predicted octanol–water partition coefficient (Wildman–Crippen LogP) is 9.07. The third kappa shape index (κ3) is 7.20. The van der Waals surface area contributed by atoms with Gasteiger partial charge in [0, 0.05) is 0 Å². The van der Waals surface area contributed by atoms with Crippen LogP contribution < -0.4 is 4.74 Å². The summed E-state index contributed by atoms with van der Waals surface area (Å²) in [7, 11) is 0. The van der Waals surface area contributed by atoms with Crippen LogP contribution in [0.25, 0.3) is 0 Å². The largest absolute Gasteiger partial charge is 0.423 e. The number of hydrogen-bond donors (Lipinski definition) is 0. The number of ether oxygens (including phenoxy) is 1. The lowest BCUT2D eigenvalue weighted by molar-refractivity contribution is -0.140. The topological polar surface area (TPSA) is 26.3 Å². The van der Waals surface area contributed by atoms with Crippen LogP contribution in [0.4, 0.5) is 4.39 Å². The molecule has 0 heterocycles. The smallest absolute Gasteiger partial charge is 0.314 e. The molecule has 3 aliphatic rings. The van der Waals surface area contributed by atoms with Crippen molar-refractivity contribution in [2.24, 2.45) is 35.5 Å². The molecule has 4 atom stereocenters. The molecule has 2 nitrogen and oxygen atoms in total. The van der Waals surface area contributed by atoms with Crippen molar-refractivity contribution in [3.63, 3.8) is 0 Å². The van der Waals surface area contributed by atoms with Gasteiger partial charge in [0.25, 0.3) is 0 Å². The Balaban J connectivity index is 1.21. The zero-order valence-corrected chi connectivity index (χ0v) is 22.2. The van der Waals surface area contributed by atoms with Gasteiger partial charge in [-0.2, -0.15) is 0 Å². The standard InChI is InChI=1S/C32H47FO2/c1-3-5-7-9-24-11-19-31(30(33)21-24)35-32(34)26-15-13-25(14-16-26)28-18-17-27-20-23(8-6-4-2)10-12-29(27)22-28/h3,5,11,19,21,23,25-29H,4,6-10,12-18,20,22H2,1-2H3/b5-3+. The maximum atomic E-state index is 14.5. The lowest BCUT2D eigenvalue weighted by Crippen LogP contribution is -2.35. The molecule has 3 heteroatoms. The Morgan fingerprint density at radius 1 is 0.971 bits per heavy atom. The van der Waals surface area contributed by atoms with Gasteiger partial charge in [0.1, 0.15) is 0 Å². The Hall–Kier alpha value is -1.64. The van der Waals surface area contributed by atoms with Gasteiger partial charge in [-0.05, 0) is 125 Å². The van der Waals surface area contributed by atoms with Gasteiger partial charge in [0.05, 0.1) is 5.92 Å². The van der Waals surface area contributed by atoms with E-state index in [1.54, 1.807) is 6.07 Å².